The molecule has 16 heavy (non-hydrogen) atoms. The Labute approximate surface area is 99.8 Å². The Morgan fingerprint density at radius 3 is 1.25 bits per heavy atom. The van der Waals surface area contributed by atoms with Gasteiger partial charge in [-0.25, -0.2) is 0 Å². The average molecular weight is 244 g/mol. The first kappa shape index (κ1) is 15.5. The minimum Gasteiger partial charge on any atom is -0.312 e. The number of hydrogen-bond donors (Lipinski definition) is 0. The van der Waals surface area contributed by atoms with Crippen LogP contribution in [0.4, 0.5) is 0 Å². The molecule has 4 heteroatoms. The van der Waals surface area contributed by atoms with E-state index in [1.54, 1.807) is 18.2 Å². The number of rotatable bonds is 12. The molecule has 92 valence electrons. The molecule has 0 rings (SSSR count). The first-order chi connectivity index (χ1) is 7.85. The fourth-order valence-corrected chi connectivity index (χ4v) is 1.73. The van der Waals surface area contributed by atoms with Crippen molar-refractivity contribution in [2.24, 2.45) is 0 Å². The van der Waals surface area contributed by atoms with Crippen molar-refractivity contribution in [3.8, 4) is 0 Å². The largest absolute Gasteiger partial charge is 0.332 e. The Morgan fingerprint density at radius 1 is 0.688 bits per heavy atom. The van der Waals surface area contributed by atoms with Gasteiger partial charge in [-0.05, 0) is 19.3 Å². The summed E-state index contributed by atoms with van der Waals surface area (Å²) < 4.78 is 16.4. The van der Waals surface area contributed by atoms with Crippen molar-refractivity contribution in [2.75, 3.05) is 19.8 Å². The predicted octanol–water partition coefficient (Wildman–Crippen LogP) is 3.99. The van der Waals surface area contributed by atoms with Gasteiger partial charge in [0, 0.05) is 0 Å². The fraction of sp³-hybridized carbons (Fsp3) is 0.500. The Kier molecular flexibility index (Phi) is 12.2. The van der Waals surface area contributed by atoms with E-state index in [1.165, 1.54) is 0 Å². The molecule has 0 saturated carbocycles. The van der Waals surface area contributed by atoms with Crippen LogP contribution in [0.15, 0.2) is 38.0 Å². The van der Waals surface area contributed by atoms with Gasteiger partial charge in [-0.15, -0.1) is 19.7 Å². The summed E-state index contributed by atoms with van der Waals surface area (Å²) in [5.74, 6) is 0. The maximum Gasteiger partial charge on any atom is 0.332 e. The molecule has 0 spiro atoms. The molecule has 0 N–H and O–H groups in total. The van der Waals surface area contributed by atoms with E-state index in [4.69, 9.17) is 13.6 Å². The van der Waals surface area contributed by atoms with E-state index in [0.717, 1.165) is 19.3 Å². The standard InChI is InChI=1S/C12H21O3P/c1-4-7-10-13-16(14-11-8-5-2)15-12-9-6-3/h4-6H,1-3,7-12H2. The van der Waals surface area contributed by atoms with Gasteiger partial charge >= 0.3 is 8.60 Å². The van der Waals surface area contributed by atoms with Crippen molar-refractivity contribution < 1.29 is 13.6 Å². The Morgan fingerprint density at radius 2 is 1.00 bits per heavy atom. The summed E-state index contributed by atoms with van der Waals surface area (Å²) in [7, 11) is -1.24. The minimum atomic E-state index is -1.24. The smallest absolute Gasteiger partial charge is 0.312 e. The first-order valence-corrected chi connectivity index (χ1v) is 6.46. The maximum absolute atomic E-state index is 5.46. The van der Waals surface area contributed by atoms with E-state index in [-0.39, 0.29) is 0 Å². The quantitative estimate of drug-likeness (QED) is 0.295. The van der Waals surface area contributed by atoms with Gasteiger partial charge in [0.25, 0.3) is 0 Å². The zero-order valence-electron chi connectivity index (χ0n) is 9.77. The lowest BCUT2D eigenvalue weighted by molar-refractivity contribution is 0.165. The molecule has 0 aliphatic carbocycles. The molecule has 0 heterocycles. The van der Waals surface area contributed by atoms with Crippen LogP contribution in [-0.4, -0.2) is 19.8 Å². The third kappa shape index (κ3) is 10.1. The average Bonchev–Trinajstić information content (AvgIpc) is 2.29. The fourth-order valence-electron chi connectivity index (χ4n) is 0.744. The molecule has 0 fully saturated rings. The second-order valence-electron chi connectivity index (χ2n) is 2.96. The van der Waals surface area contributed by atoms with Crippen molar-refractivity contribution in [1.82, 2.24) is 0 Å². The zero-order valence-corrected chi connectivity index (χ0v) is 10.7. The molecule has 0 aromatic heterocycles. The summed E-state index contributed by atoms with van der Waals surface area (Å²) in [5.41, 5.74) is 0. The van der Waals surface area contributed by atoms with Crippen LogP contribution >= 0.6 is 8.60 Å². The summed E-state index contributed by atoms with van der Waals surface area (Å²) in [5, 5.41) is 0. The van der Waals surface area contributed by atoms with E-state index in [2.05, 4.69) is 19.7 Å². The predicted molar refractivity (Wildman–Crippen MR) is 69.2 cm³/mol. The SMILES string of the molecule is C=CCCOP(OCCC=C)OCCC=C. The van der Waals surface area contributed by atoms with Crippen molar-refractivity contribution >= 4 is 8.60 Å². The van der Waals surface area contributed by atoms with E-state index in [1.807, 2.05) is 0 Å². The summed E-state index contributed by atoms with van der Waals surface area (Å²) in [4.78, 5) is 0. The molecular formula is C12H21O3P. The summed E-state index contributed by atoms with van der Waals surface area (Å²) >= 11 is 0. The monoisotopic (exact) mass is 244 g/mol. The van der Waals surface area contributed by atoms with Gasteiger partial charge < -0.3 is 13.6 Å². The lowest BCUT2D eigenvalue weighted by Gasteiger charge is -2.15. The van der Waals surface area contributed by atoms with Crippen LogP contribution in [0, 0.1) is 0 Å². The van der Waals surface area contributed by atoms with Crippen LogP contribution in [0.1, 0.15) is 19.3 Å². The molecule has 0 saturated heterocycles. The van der Waals surface area contributed by atoms with E-state index in [0.29, 0.717) is 19.8 Å². The molecule has 0 aromatic rings. The van der Waals surface area contributed by atoms with Gasteiger partial charge in [0.05, 0.1) is 19.8 Å². The van der Waals surface area contributed by atoms with Crippen LogP contribution < -0.4 is 0 Å². The Bertz CT molecular complexity index is 161. The minimum absolute atomic E-state index is 0.581. The summed E-state index contributed by atoms with van der Waals surface area (Å²) in [6.07, 6.45) is 7.82. The van der Waals surface area contributed by atoms with E-state index >= 15 is 0 Å². The number of hydrogen-bond acceptors (Lipinski definition) is 3. The van der Waals surface area contributed by atoms with Crippen LogP contribution in [0.3, 0.4) is 0 Å². The second kappa shape index (κ2) is 12.6. The van der Waals surface area contributed by atoms with Gasteiger partial charge in [-0.2, -0.15) is 0 Å². The normalized spacial score (nSPS) is 10.3. The molecule has 0 aromatic carbocycles. The molecular weight excluding hydrogens is 223 g/mol. The highest BCUT2D eigenvalue weighted by atomic mass is 31.2. The lowest BCUT2D eigenvalue weighted by Crippen LogP contribution is -1.98. The molecule has 3 nitrogen and oxygen atoms in total. The first-order valence-electron chi connectivity index (χ1n) is 5.36. The van der Waals surface area contributed by atoms with Crippen LogP contribution in [0.25, 0.3) is 0 Å². The van der Waals surface area contributed by atoms with Gasteiger partial charge in [-0.3, -0.25) is 0 Å². The van der Waals surface area contributed by atoms with E-state index < -0.39 is 8.60 Å². The second-order valence-corrected chi connectivity index (χ2v) is 4.18. The molecule has 0 amide bonds. The van der Waals surface area contributed by atoms with Crippen molar-refractivity contribution in [3.05, 3.63) is 38.0 Å². The van der Waals surface area contributed by atoms with Crippen molar-refractivity contribution in [3.63, 3.8) is 0 Å². The Balaban J connectivity index is 3.69. The molecule has 0 radical (unpaired) electrons. The highest BCUT2D eigenvalue weighted by Gasteiger charge is 2.10. The topological polar surface area (TPSA) is 27.7 Å². The van der Waals surface area contributed by atoms with Crippen molar-refractivity contribution in [1.29, 1.82) is 0 Å². The van der Waals surface area contributed by atoms with Gasteiger partial charge in [0.15, 0.2) is 0 Å². The highest BCUT2D eigenvalue weighted by Crippen LogP contribution is 2.39. The summed E-state index contributed by atoms with van der Waals surface area (Å²) in [6.45, 7) is 12.6. The third-order valence-corrected chi connectivity index (χ3v) is 2.74. The molecule has 0 bridgehead atoms. The van der Waals surface area contributed by atoms with Gasteiger partial charge in [-0.1, -0.05) is 18.2 Å². The third-order valence-electron chi connectivity index (χ3n) is 1.56. The highest BCUT2D eigenvalue weighted by molar-refractivity contribution is 7.41. The molecule has 0 aliphatic heterocycles. The molecule has 0 atom stereocenters. The summed E-state index contributed by atoms with van der Waals surface area (Å²) in [6, 6.07) is 0. The lowest BCUT2D eigenvalue weighted by atomic mass is 10.5. The van der Waals surface area contributed by atoms with Crippen LogP contribution in [-0.2, 0) is 13.6 Å². The van der Waals surface area contributed by atoms with Gasteiger partial charge in [0.2, 0.25) is 0 Å². The van der Waals surface area contributed by atoms with Gasteiger partial charge in [0.1, 0.15) is 0 Å². The van der Waals surface area contributed by atoms with Crippen LogP contribution in [0.2, 0.25) is 0 Å². The van der Waals surface area contributed by atoms with Crippen LogP contribution in [0.5, 0.6) is 0 Å². The zero-order chi connectivity index (χ0) is 12.1. The Hall–Kier alpha value is -0.470. The van der Waals surface area contributed by atoms with Crippen molar-refractivity contribution in [2.45, 2.75) is 19.3 Å². The maximum atomic E-state index is 5.46. The van der Waals surface area contributed by atoms with E-state index in [9.17, 15) is 0 Å². The molecule has 0 unspecified atom stereocenters. The molecule has 0 aliphatic rings.